The Labute approximate surface area is 179 Å². The monoisotopic (exact) mass is 421 g/mol. The number of hydrogen-bond donors (Lipinski definition) is 3. The summed E-state index contributed by atoms with van der Waals surface area (Å²) in [5.74, 6) is 0.884. The fourth-order valence-electron chi connectivity index (χ4n) is 3.14. The minimum Gasteiger partial charge on any atom is -0.378 e. The first-order chi connectivity index (χ1) is 15.1. The summed E-state index contributed by atoms with van der Waals surface area (Å²) in [6.45, 7) is 4.71. The highest BCUT2D eigenvalue weighted by Gasteiger charge is 2.18. The second kappa shape index (κ2) is 9.35. The average molecular weight is 421 g/mol. The highest BCUT2D eigenvalue weighted by Crippen LogP contribution is 2.19. The fraction of sp³-hybridized carbons (Fsp3) is 0.286. The maximum atomic E-state index is 12.6. The van der Waals surface area contributed by atoms with Crippen LogP contribution in [-0.2, 0) is 4.74 Å². The molecule has 1 fully saturated rings. The topological polar surface area (TPSA) is 121 Å². The van der Waals surface area contributed by atoms with E-state index in [1.165, 1.54) is 0 Å². The van der Waals surface area contributed by atoms with Crippen LogP contribution in [0.15, 0.2) is 42.6 Å². The molecule has 1 aromatic carbocycles. The molecule has 3 aromatic rings. The van der Waals surface area contributed by atoms with Gasteiger partial charge in [-0.3, -0.25) is 10.1 Å². The lowest BCUT2D eigenvalue weighted by molar-refractivity contribution is 0.0303. The molecular formula is C21H23N7O3. The number of hydrogen-bond acceptors (Lipinski definition) is 7. The number of urea groups is 1. The predicted molar refractivity (Wildman–Crippen MR) is 116 cm³/mol. The number of morpholine rings is 1. The summed E-state index contributed by atoms with van der Waals surface area (Å²) in [4.78, 5) is 39.2. The number of nitrogens with zero attached hydrogens (tertiary/aromatic N) is 4. The zero-order chi connectivity index (χ0) is 21.6. The number of nitrogens with one attached hydrogen (secondary N) is 3. The van der Waals surface area contributed by atoms with Gasteiger partial charge in [0.1, 0.15) is 11.3 Å². The van der Waals surface area contributed by atoms with Gasteiger partial charge in [0.2, 0.25) is 0 Å². The van der Waals surface area contributed by atoms with Crippen LogP contribution in [0, 0.1) is 0 Å². The van der Waals surface area contributed by atoms with Gasteiger partial charge in [0, 0.05) is 30.9 Å². The molecule has 1 saturated heterocycles. The summed E-state index contributed by atoms with van der Waals surface area (Å²) < 4.78 is 5.29. The van der Waals surface area contributed by atoms with Crippen LogP contribution in [0.1, 0.15) is 17.3 Å². The molecule has 1 aliphatic heterocycles. The third kappa shape index (κ3) is 5.04. The molecule has 0 unspecified atom stereocenters. The first-order valence-corrected chi connectivity index (χ1v) is 10.0. The van der Waals surface area contributed by atoms with E-state index in [4.69, 9.17) is 4.74 Å². The summed E-state index contributed by atoms with van der Waals surface area (Å²) in [6, 6.07) is 10.3. The number of pyridine rings is 1. The molecule has 0 aliphatic carbocycles. The smallest absolute Gasteiger partial charge is 0.320 e. The molecule has 4 rings (SSSR count). The van der Waals surface area contributed by atoms with Crippen LogP contribution in [0.5, 0.6) is 0 Å². The second-order valence-electron chi connectivity index (χ2n) is 6.89. The summed E-state index contributed by atoms with van der Waals surface area (Å²) in [5, 5.41) is 8.47. The molecule has 0 atom stereocenters. The van der Waals surface area contributed by atoms with Crippen molar-refractivity contribution in [2.75, 3.05) is 43.5 Å². The van der Waals surface area contributed by atoms with Crippen molar-refractivity contribution in [3.63, 3.8) is 0 Å². The zero-order valence-corrected chi connectivity index (χ0v) is 17.1. The average Bonchev–Trinajstić information content (AvgIpc) is 2.79. The van der Waals surface area contributed by atoms with E-state index >= 15 is 0 Å². The SMILES string of the molecule is CCNC(=O)Nc1ccc2ncc(Nc3ccc(C(=O)N4CCOCC4)cc3)nc2n1. The number of fused-ring (bicyclic) bond motifs is 1. The molecule has 160 valence electrons. The third-order valence-electron chi connectivity index (χ3n) is 4.69. The van der Waals surface area contributed by atoms with Crippen LogP contribution in [0.25, 0.3) is 11.2 Å². The van der Waals surface area contributed by atoms with Gasteiger partial charge in [-0.25, -0.2) is 19.7 Å². The number of rotatable bonds is 5. The summed E-state index contributed by atoms with van der Waals surface area (Å²) >= 11 is 0. The second-order valence-corrected chi connectivity index (χ2v) is 6.89. The number of carbonyl (C=O) groups is 2. The van der Waals surface area contributed by atoms with E-state index in [9.17, 15) is 9.59 Å². The lowest BCUT2D eigenvalue weighted by atomic mass is 10.1. The van der Waals surface area contributed by atoms with Crippen LogP contribution in [-0.4, -0.2) is 64.6 Å². The Kier molecular flexibility index (Phi) is 6.18. The molecule has 1 aliphatic rings. The molecule has 0 bridgehead atoms. The Balaban J connectivity index is 1.46. The molecule has 10 nitrogen and oxygen atoms in total. The lowest BCUT2D eigenvalue weighted by Gasteiger charge is -2.26. The van der Waals surface area contributed by atoms with Crippen molar-refractivity contribution in [2.24, 2.45) is 0 Å². The third-order valence-corrected chi connectivity index (χ3v) is 4.69. The number of amides is 3. The highest BCUT2D eigenvalue weighted by molar-refractivity contribution is 5.94. The van der Waals surface area contributed by atoms with Gasteiger partial charge in [-0.1, -0.05) is 0 Å². The number of anilines is 3. The molecule has 3 amide bonds. The predicted octanol–water partition coefficient (Wildman–Crippen LogP) is 2.38. The van der Waals surface area contributed by atoms with E-state index in [1.54, 1.807) is 35.4 Å². The minimum atomic E-state index is -0.330. The van der Waals surface area contributed by atoms with Gasteiger partial charge in [-0.15, -0.1) is 0 Å². The Morgan fingerprint density at radius 1 is 1.03 bits per heavy atom. The summed E-state index contributed by atoms with van der Waals surface area (Å²) in [7, 11) is 0. The van der Waals surface area contributed by atoms with Gasteiger partial charge in [0.15, 0.2) is 11.5 Å². The molecule has 3 heterocycles. The minimum absolute atomic E-state index is 0.00307. The van der Waals surface area contributed by atoms with Gasteiger partial charge in [0.25, 0.3) is 5.91 Å². The highest BCUT2D eigenvalue weighted by atomic mass is 16.5. The molecule has 2 aromatic heterocycles. The van der Waals surface area contributed by atoms with E-state index in [2.05, 4.69) is 30.9 Å². The van der Waals surface area contributed by atoms with E-state index in [1.807, 2.05) is 19.1 Å². The largest absolute Gasteiger partial charge is 0.378 e. The normalized spacial score (nSPS) is 13.6. The summed E-state index contributed by atoms with van der Waals surface area (Å²) in [5.41, 5.74) is 2.40. The van der Waals surface area contributed by atoms with E-state index in [-0.39, 0.29) is 11.9 Å². The van der Waals surface area contributed by atoms with E-state index < -0.39 is 0 Å². The number of benzene rings is 1. The molecule has 0 saturated carbocycles. The number of aromatic nitrogens is 3. The Hall–Kier alpha value is -3.79. The van der Waals surface area contributed by atoms with E-state index in [0.717, 1.165) is 5.69 Å². The van der Waals surface area contributed by atoms with Crippen molar-refractivity contribution in [1.29, 1.82) is 0 Å². The zero-order valence-electron chi connectivity index (χ0n) is 17.1. The van der Waals surface area contributed by atoms with Crippen molar-refractivity contribution in [1.82, 2.24) is 25.2 Å². The molecule has 0 spiro atoms. The molecule has 3 N–H and O–H groups in total. The van der Waals surface area contributed by atoms with Crippen LogP contribution in [0.4, 0.5) is 22.1 Å². The maximum absolute atomic E-state index is 12.6. The van der Waals surface area contributed by atoms with Crippen LogP contribution in [0.3, 0.4) is 0 Å². The first kappa shape index (κ1) is 20.5. The van der Waals surface area contributed by atoms with Crippen LogP contribution < -0.4 is 16.0 Å². The standard InChI is InChI=1S/C21H23N7O3/c1-2-22-21(30)27-17-8-7-16-19(25-17)26-18(13-23-16)24-15-5-3-14(4-6-15)20(29)28-9-11-31-12-10-28/h3-8,13H,2,9-12H2,1H3,(H3,22,24,25,26,27,30). The van der Waals surface area contributed by atoms with Crippen molar-refractivity contribution in [2.45, 2.75) is 6.92 Å². The summed E-state index contributed by atoms with van der Waals surface area (Å²) in [6.07, 6.45) is 1.60. The lowest BCUT2D eigenvalue weighted by Crippen LogP contribution is -2.40. The molecule has 10 heteroatoms. The van der Waals surface area contributed by atoms with Gasteiger partial charge in [-0.05, 0) is 43.3 Å². The molecule has 31 heavy (non-hydrogen) atoms. The van der Waals surface area contributed by atoms with Gasteiger partial charge < -0.3 is 20.3 Å². The van der Waals surface area contributed by atoms with Gasteiger partial charge in [0.05, 0.1) is 19.4 Å². The molecule has 0 radical (unpaired) electrons. The number of ether oxygens (including phenoxy) is 1. The van der Waals surface area contributed by atoms with Gasteiger partial charge in [-0.2, -0.15) is 0 Å². The van der Waals surface area contributed by atoms with Crippen molar-refractivity contribution >= 4 is 40.4 Å². The fourth-order valence-corrected chi connectivity index (χ4v) is 3.14. The Bertz CT molecular complexity index is 1080. The van der Waals surface area contributed by atoms with Gasteiger partial charge >= 0.3 is 6.03 Å². The van der Waals surface area contributed by atoms with E-state index in [0.29, 0.717) is 61.2 Å². The van der Waals surface area contributed by atoms with Crippen molar-refractivity contribution in [3.05, 3.63) is 48.2 Å². The quantitative estimate of drug-likeness (QED) is 0.578. The maximum Gasteiger partial charge on any atom is 0.320 e. The van der Waals surface area contributed by atoms with Crippen molar-refractivity contribution < 1.29 is 14.3 Å². The van der Waals surface area contributed by atoms with Crippen molar-refractivity contribution in [3.8, 4) is 0 Å². The Morgan fingerprint density at radius 2 is 1.77 bits per heavy atom. The Morgan fingerprint density at radius 3 is 2.52 bits per heavy atom. The first-order valence-electron chi connectivity index (χ1n) is 10.0. The van der Waals surface area contributed by atoms with Crippen LogP contribution in [0.2, 0.25) is 0 Å². The number of carbonyl (C=O) groups excluding carboxylic acids is 2. The molecular weight excluding hydrogens is 398 g/mol. The van der Waals surface area contributed by atoms with Crippen LogP contribution >= 0.6 is 0 Å².